The predicted octanol–water partition coefficient (Wildman–Crippen LogP) is 0.204. The van der Waals surface area contributed by atoms with E-state index in [0.29, 0.717) is 6.42 Å². The molecule has 14 heteroatoms. The molecule has 26 heavy (non-hydrogen) atoms. The molecule has 8 nitrogen and oxygen atoms in total. The number of rotatable bonds is 12. The van der Waals surface area contributed by atoms with Crippen LogP contribution in [0.25, 0.3) is 0 Å². The summed E-state index contributed by atoms with van der Waals surface area (Å²) in [6.45, 7) is 2.31. The zero-order valence-electron chi connectivity index (χ0n) is 13.1. The average molecular weight is 476 g/mol. The van der Waals surface area contributed by atoms with Gasteiger partial charge in [0.15, 0.2) is 0 Å². The Morgan fingerprint density at radius 1 is 0.769 bits per heavy atom. The summed E-state index contributed by atoms with van der Waals surface area (Å²) in [4.78, 5) is 21.6. The predicted molar refractivity (Wildman–Crippen MR) is 112 cm³/mol. The van der Waals surface area contributed by atoms with Crippen molar-refractivity contribution < 1.29 is 36.4 Å². The Morgan fingerprint density at radius 3 is 1.31 bits per heavy atom. The molecule has 0 radical (unpaired) electrons. The van der Waals surface area contributed by atoms with E-state index in [1.165, 1.54) is 44.9 Å². The van der Waals surface area contributed by atoms with Crippen LogP contribution in [-0.4, -0.2) is 174 Å². The maximum atomic E-state index is 10.2. The molecule has 0 aromatic carbocycles. The second kappa shape index (κ2) is 29.6. The topological polar surface area (TPSA) is 141 Å². The fourth-order valence-corrected chi connectivity index (χ4v) is 2.08. The maximum absolute atomic E-state index is 10.2. The van der Waals surface area contributed by atoms with Crippen molar-refractivity contribution in [3.8, 4) is 0 Å². The molecule has 0 saturated heterocycles. The first-order valence-corrected chi connectivity index (χ1v) is 10.4. The number of phosphoric acid groups is 1. The monoisotopic (exact) mass is 476 g/mol. The van der Waals surface area contributed by atoms with Crippen molar-refractivity contribution in [2.75, 3.05) is 6.61 Å². The van der Waals surface area contributed by atoms with Crippen LogP contribution in [0.15, 0.2) is 0 Å². The summed E-state index contributed by atoms with van der Waals surface area (Å²) in [5.74, 6) is 0. The Labute approximate surface area is 267 Å². The minimum atomic E-state index is -4.64. The van der Waals surface area contributed by atoms with Crippen molar-refractivity contribution >= 4 is 158 Å². The van der Waals surface area contributed by atoms with Crippen molar-refractivity contribution in [2.24, 2.45) is 0 Å². The molecule has 0 unspecified atom stereocenters. The van der Waals surface area contributed by atoms with Crippen LogP contribution < -0.4 is 0 Å². The van der Waals surface area contributed by atoms with Crippen LogP contribution in [0.2, 0.25) is 0 Å². The summed E-state index contributed by atoms with van der Waals surface area (Å²) in [5, 5.41) is 0. The van der Waals surface area contributed by atoms with E-state index in [0.717, 1.165) is 12.8 Å². The van der Waals surface area contributed by atoms with E-state index >= 15 is 0 Å². The first-order chi connectivity index (χ1) is 10.1. The molecule has 144 valence electrons. The van der Waals surface area contributed by atoms with Gasteiger partial charge in [-0.25, -0.2) is 8.75 Å². The van der Waals surface area contributed by atoms with E-state index in [2.05, 4.69) is 11.1 Å². The minimum absolute atomic E-state index is 0. The molecule has 0 atom stereocenters. The van der Waals surface area contributed by atoms with Gasteiger partial charge in [0.05, 0.1) is 6.61 Å². The van der Waals surface area contributed by atoms with Gasteiger partial charge in [-0.2, -0.15) is 8.42 Å². The zero-order valence-corrected chi connectivity index (χ0v) is 14.8. The van der Waals surface area contributed by atoms with Gasteiger partial charge in [0.1, 0.15) is 0 Å². The Kier molecular flexibility index (Phi) is 50.5. The molecule has 0 bridgehead atoms. The third-order valence-electron chi connectivity index (χ3n) is 2.73. The fourth-order valence-electron chi connectivity index (χ4n) is 1.75. The van der Waals surface area contributed by atoms with Crippen molar-refractivity contribution in [1.29, 1.82) is 0 Å². The molecule has 0 aromatic rings. The number of unbranched alkanes of at least 4 members (excludes halogenated alkanes) is 9. The molecular formula is C12H33KNa3O8PS. The molecule has 0 heterocycles. The van der Waals surface area contributed by atoms with E-state index in [4.69, 9.17) is 23.8 Å². The van der Waals surface area contributed by atoms with Crippen molar-refractivity contribution in [2.45, 2.75) is 71.1 Å². The Bertz CT molecular complexity index is 390. The second-order valence-corrected chi connectivity index (χ2v) is 7.06. The molecule has 0 saturated carbocycles. The third kappa shape index (κ3) is 63.0. The summed E-state index contributed by atoms with van der Waals surface area (Å²) in [5.41, 5.74) is 0. The van der Waals surface area contributed by atoms with Crippen molar-refractivity contribution in [3.05, 3.63) is 0 Å². The van der Waals surface area contributed by atoms with Gasteiger partial charge in [-0.05, 0) is 6.42 Å². The molecule has 0 aliphatic rings. The SMILES string of the molecule is CCCCCCCCCCCCOS(=O)(=O)O.O=P(O)(O)O.[KH].[NaH].[NaH].[NaH]. The van der Waals surface area contributed by atoms with Gasteiger partial charge < -0.3 is 14.7 Å². The molecule has 0 aliphatic heterocycles. The summed E-state index contributed by atoms with van der Waals surface area (Å²) in [7, 11) is -8.87. The van der Waals surface area contributed by atoms with Crippen LogP contribution in [0.1, 0.15) is 71.1 Å². The second-order valence-electron chi connectivity index (χ2n) is 4.94. The van der Waals surface area contributed by atoms with Gasteiger partial charge in [-0.15, -0.1) is 0 Å². The van der Waals surface area contributed by atoms with E-state index in [1.54, 1.807) is 0 Å². The summed E-state index contributed by atoms with van der Waals surface area (Å²) in [6, 6.07) is 0. The Balaban J connectivity index is -0.0000000984. The number of hydrogen-bond acceptors (Lipinski definition) is 4. The van der Waals surface area contributed by atoms with Crippen LogP contribution in [0.5, 0.6) is 0 Å². The Morgan fingerprint density at radius 2 is 1.04 bits per heavy atom. The van der Waals surface area contributed by atoms with E-state index < -0.39 is 18.2 Å². The first kappa shape index (κ1) is 44.3. The normalized spacial score (nSPS) is 10.0. The van der Waals surface area contributed by atoms with Crippen LogP contribution in [-0.2, 0) is 19.1 Å². The van der Waals surface area contributed by atoms with Crippen LogP contribution in [0, 0.1) is 0 Å². The van der Waals surface area contributed by atoms with Gasteiger partial charge in [-0.1, -0.05) is 64.7 Å². The van der Waals surface area contributed by atoms with Crippen LogP contribution >= 0.6 is 7.82 Å². The van der Waals surface area contributed by atoms with Gasteiger partial charge >= 0.3 is 158 Å². The molecule has 0 fully saturated rings. The summed E-state index contributed by atoms with van der Waals surface area (Å²) >= 11 is 0. The molecule has 0 spiro atoms. The molecule has 4 N–H and O–H groups in total. The molecule has 0 amide bonds. The zero-order chi connectivity index (χ0) is 17.5. The van der Waals surface area contributed by atoms with E-state index in [-0.39, 0.29) is 147 Å². The fraction of sp³-hybridized carbons (Fsp3) is 1.00. The molecular weight excluding hydrogens is 443 g/mol. The van der Waals surface area contributed by atoms with Crippen molar-refractivity contribution in [1.82, 2.24) is 0 Å². The molecule has 0 rings (SSSR count). The molecule has 0 aliphatic carbocycles. The number of hydrogen-bond donors (Lipinski definition) is 4. The molecule has 0 aromatic heterocycles. The Hall–Kier alpha value is 4.62. The summed E-state index contributed by atoms with van der Waals surface area (Å²) in [6.07, 6.45) is 11.9. The van der Waals surface area contributed by atoms with Crippen LogP contribution in [0.3, 0.4) is 0 Å². The van der Waals surface area contributed by atoms with E-state index in [9.17, 15) is 8.42 Å². The first-order valence-electron chi connectivity index (χ1n) is 7.46. The van der Waals surface area contributed by atoms with Crippen molar-refractivity contribution in [3.63, 3.8) is 0 Å². The van der Waals surface area contributed by atoms with Gasteiger partial charge in [0.25, 0.3) is 0 Å². The third-order valence-corrected chi connectivity index (χ3v) is 3.19. The van der Waals surface area contributed by atoms with Gasteiger partial charge in [-0.3, -0.25) is 4.55 Å². The average Bonchev–Trinajstić information content (AvgIpc) is 2.32. The van der Waals surface area contributed by atoms with Gasteiger partial charge in [0.2, 0.25) is 0 Å². The summed E-state index contributed by atoms with van der Waals surface area (Å²) < 4.78 is 41.9. The quantitative estimate of drug-likeness (QED) is 0.136. The van der Waals surface area contributed by atoms with Gasteiger partial charge in [0, 0.05) is 0 Å². The standard InChI is InChI=1S/C12H26O4S.K.3Na.H3O4P.4H/c1-2-3-4-5-6-7-8-9-10-11-12-16-17(13,14)15;;;;;1-5(2,3)4;;;;/h2-12H2,1H3,(H,13,14,15);;;;;(H3,1,2,3,4);;;;. The van der Waals surface area contributed by atoms with Crippen LogP contribution in [0.4, 0.5) is 0 Å². The van der Waals surface area contributed by atoms with E-state index in [1.807, 2.05) is 0 Å².